The van der Waals surface area contributed by atoms with E-state index in [2.05, 4.69) is 10.2 Å². The van der Waals surface area contributed by atoms with Crippen LogP contribution >= 0.6 is 24.0 Å². The molecule has 1 saturated heterocycles. The monoisotopic (exact) mass is 513 g/mol. The lowest BCUT2D eigenvalue weighted by atomic mass is 9.84. The smallest absolute Gasteiger partial charge is 0.384 e. The molecule has 4 nitrogen and oxygen atoms in total. The highest BCUT2D eigenvalue weighted by molar-refractivity contribution is 14.0. The van der Waals surface area contributed by atoms with Crippen molar-refractivity contribution in [2.75, 3.05) is 39.9 Å². The molecule has 1 aliphatic rings. The van der Waals surface area contributed by atoms with Gasteiger partial charge in [-0.25, -0.2) is 0 Å². The molecule has 0 radical (unpaired) electrons. The number of hydrogen-bond acceptors (Lipinski definition) is 2. The van der Waals surface area contributed by atoms with Crippen molar-refractivity contribution < 1.29 is 17.9 Å². The highest BCUT2D eigenvalue weighted by atomic mass is 127. The molecule has 1 fully saturated rings. The minimum absolute atomic E-state index is 0. The van der Waals surface area contributed by atoms with Gasteiger partial charge in [0.1, 0.15) is 0 Å². The van der Waals surface area contributed by atoms with Crippen molar-refractivity contribution in [2.24, 2.45) is 10.9 Å². The number of methoxy groups -OCH3 is 1. The van der Waals surface area contributed by atoms with Gasteiger partial charge in [0.2, 0.25) is 0 Å². The van der Waals surface area contributed by atoms with E-state index >= 15 is 0 Å². The number of rotatable bonds is 6. The third-order valence-electron chi connectivity index (χ3n) is 4.92. The number of alkyl halides is 3. The number of benzene rings is 1. The van der Waals surface area contributed by atoms with Gasteiger partial charge in [0.25, 0.3) is 0 Å². The average molecular weight is 513 g/mol. The molecule has 160 valence electrons. The molecule has 0 aromatic heterocycles. The summed E-state index contributed by atoms with van der Waals surface area (Å²) in [5, 5.41) is 3.30. The Kier molecular flexibility index (Phi) is 9.52. The Morgan fingerprint density at radius 2 is 1.96 bits per heavy atom. The Balaban J connectivity index is 0.00000392. The van der Waals surface area contributed by atoms with Crippen LogP contribution in [0.3, 0.4) is 0 Å². The third-order valence-corrected chi connectivity index (χ3v) is 4.92. The first kappa shape index (κ1) is 25.0. The molecule has 1 aromatic carbocycles. The molecule has 1 aliphatic heterocycles. The van der Waals surface area contributed by atoms with Gasteiger partial charge in [-0.2, -0.15) is 13.2 Å². The maximum Gasteiger partial charge on any atom is 0.416 e. The fourth-order valence-electron chi connectivity index (χ4n) is 3.30. The van der Waals surface area contributed by atoms with Gasteiger partial charge in [0.05, 0.1) is 18.7 Å². The first-order valence-corrected chi connectivity index (χ1v) is 9.37. The second-order valence-corrected chi connectivity index (χ2v) is 7.69. The van der Waals surface area contributed by atoms with Gasteiger partial charge in [-0.3, -0.25) is 4.99 Å². The van der Waals surface area contributed by atoms with Crippen molar-refractivity contribution in [3.8, 4) is 0 Å². The van der Waals surface area contributed by atoms with Crippen molar-refractivity contribution in [2.45, 2.75) is 38.8 Å². The molecule has 2 rings (SSSR count). The molecule has 1 heterocycles. The van der Waals surface area contributed by atoms with Gasteiger partial charge in [-0.15, -0.1) is 24.0 Å². The van der Waals surface area contributed by atoms with Crippen molar-refractivity contribution in [1.82, 2.24) is 10.2 Å². The summed E-state index contributed by atoms with van der Waals surface area (Å²) in [4.78, 5) is 6.94. The number of nitrogens with one attached hydrogen (secondary N) is 1. The fraction of sp³-hybridized carbons (Fsp3) is 0.650. The average Bonchev–Trinajstić information content (AvgIpc) is 3.07. The Labute approximate surface area is 182 Å². The third kappa shape index (κ3) is 6.79. The molecule has 8 heteroatoms. The molecule has 1 N–H and O–H groups in total. The Morgan fingerprint density at radius 1 is 1.29 bits per heavy atom. The van der Waals surface area contributed by atoms with Crippen LogP contribution in [0.4, 0.5) is 13.2 Å². The van der Waals surface area contributed by atoms with Gasteiger partial charge in [-0.1, -0.05) is 32.0 Å². The van der Waals surface area contributed by atoms with Gasteiger partial charge >= 0.3 is 6.18 Å². The van der Waals surface area contributed by atoms with E-state index in [1.54, 1.807) is 13.2 Å². The normalized spacial score (nSPS) is 18.2. The van der Waals surface area contributed by atoms with E-state index < -0.39 is 17.2 Å². The molecule has 0 aliphatic carbocycles. The van der Waals surface area contributed by atoms with E-state index in [-0.39, 0.29) is 24.0 Å². The van der Waals surface area contributed by atoms with Crippen molar-refractivity contribution in [3.05, 3.63) is 35.4 Å². The summed E-state index contributed by atoms with van der Waals surface area (Å²) >= 11 is 0. The topological polar surface area (TPSA) is 36.9 Å². The molecular formula is C20H31F3IN3O. The molecule has 0 saturated carbocycles. The molecular weight excluding hydrogens is 482 g/mol. The van der Waals surface area contributed by atoms with Crippen LogP contribution in [-0.4, -0.2) is 50.8 Å². The zero-order valence-corrected chi connectivity index (χ0v) is 19.3. The largest absolute Gasteiger partial charge is 0.416 e. The van der Waals surface area contributed by atoms with Gasteiger partial charge in [0.15, 0.2) is 5.96 Å². The summed E-state index contributed by atoms with van der Waals surface area (Å²) < 4.78 is 44.3. The van der Waals surface area contributed by atoms with E-state index in [1.807, 2.05) is 20.8 Å². The number of nitrogens with zero attached hydrogens (tertiary/aromatic N) is 2. The van der Waals surface area contributed by atoms with E-state index in [9.17, 15) is 13.2 Å². The number of ether oxygens (including phenoxy) is 1. The van der Waals surface area contributed by atoms with Gasteiger partial charge < -0.3 is 15.0 Å². The molecule has 1 atom stereocenters. The minimum Gasteiger partial charge on any atom is -0.384 e. The SMILES string of the molecule is CCNC(=NCC(C)(C)c1cccc(C(F)(F)F)c1)N1CCC(COC)C1.I. The first-order chi connectivity index (χ1) is 12.7. The molecule has 0 bridgehead atoms. The lowest BCUT2D eigenvalue weighted by Gasteiger charge is -2.27. The van der Waals surface area contributed by atoms with Crippen molar-refractivity contribution in [1.29, 1.82) is 0 Å². The van der Waals surface area contributed by atoms with E-state index in [1.165, 1.54) is 12.1 Å². The summed E-state index contributed by atoms with van der Waals surface area (Å²) in [6.45, 7) is 9.52. The summed E-state index contributed by atoms with van der Waals surface area (Å²) in [5.41, 5.74) is -0.491. The Hall–Kier alpha value is -1.03. The lowest BCUT2D eigenvalue weighted by Crippen LogP contribution is -2.41. The molecule has 28 heavy (non-hydrogen) atoms. The second-order valence-electron chi connectivity index (χ2n) is 7.69. The number of guanidine groups is 1. The Morgan fingerprint density at radius 3 is 2.57 bits per heavy atom. The number of halogens is 4. The summed E-state index contributed by atoms with van der Waals surface area (Å²) in [6, 6.07) is 5.53. The van der Waals surface area contributed by atoms with Crippen LogP contribution in [0, 0.1) is 5.92 Å². The molecule has 1 aromatic rings. The first-order valence-electron chi connectivity index (χ1n) is 9.37. The highest BCUT2D eigenvalue weighted by Crippen LogP contribution is 2.33. The maximum atomic E-state index is 13.0. The zero-order chi connectivity index (χ0) is 20.1. The van der Waals surface area contributed by atoms with Crippen molar-refractivity contribution >= 4 is 29.9 Å². The van der Waals surface area contributed by atoms with Crippen LogP contribution in [-0.2, 0) is 16.3 Å². The van der Waals surface area contributed by atoms with E-state index in [0.717, 1.165) is 44.7 Å². The summed E-state index contributed by atoms with van der Waals surface area (Å²) in [5.74, 6) is 1.30. The quantitative estimate of drug-likeness (QED) is 0.345. The van der Waals surface area contributed by atoms with Crippen LogP contribution in [0.25, 0.3) is 0 Å². The predicted octanol–water partition coefficient (Wildman–Crippen LogP) is 4.53. The number of hydrogen-bond donors (Lipinski definition) is 1. The van der Waals surface area contributed by atoms with Gasteiger partial charge in [0, 0.05) is 38.1 Å². The second kappa shape index (κ2) is 10.7. The van der Waals surface area contributed by atoms with Crippen LogP contribution in [0.2, 0.25) is 0 Å². The van der Waals surface area contributed by atoms with Crippen molar-refractivity contribution in [3.63, 3.8) is 0 Å². The maximum absolute atomic E-state index is 13.0. The standard InChI is InChI=1S/C20H30F3N3O.HI/c1-5-24-18(26-10-9-15(12-26)13-27-4)25-14-19(2,3)16-7-6-8-17(11-16)20(21,22)23;/h6-8,11,15H,5,9-10,12-14H2,1-4H3,(H,24,25);1H. The highest BCUT2D eigenvalue weighted by Gasteiger charge is 2.32. The molecule has 0 amide bonds. The Bertz CT molecular complexity index is 650. The van der Waals surface area contributed by atoms with Crippen LogP contribution in [0.5, 0.6) is 0 Å². The predicted molar refractivity (Wildman–Crippen MR) is 117 cm³/mol. The zero-order valence-electron chi connectivity index (χ0n) is 17.0. The van der Waals surface area contributed by atoms with Gasteiger partial charge in [-0.05, 0) is 25.0 Å². The van der Waals surface area contributed by atoms with E-state index in [4.69, 9.17) is 9.73 Å². The lowest BCUT2D eigenvalue weighted by molar-refractivity contribution is -0.137. The summed E-state index contributed by atoms with van der Waals surface area (Å²) in [6.07, 6.45) is -3.29. The fourth-order valence-corrected chi connectivity index (χ4v) is 3.30. The minimum atomic E-state index is -4.34. The molecule has 0 spiro atoms. The molecule has 1 unspecified atom stereocenters. The number of likely N-dealkylation sites (tertiary alicyclic amines) is 1. The summed E-state index contributed by atoms with van der Waals surface area (Å²) in [7, 11) is 1.71. The van der Waals surface area contributed by atoms with E-state index in [0.29, 0.717) is 18.0 Å². The van der Waals surface area contributed by atoms with Crippen LogP contribution < -0.4 is 5.32 Å². The van der Waals surface area contributed by atoms with Crippen LogP contribution in [0.15, 0.2) is 29.3 Å². The number of aliphatic imine (C=N–C) groups is 1. The van der Waals surface area contributed by atoms with Crippen LogP contribution in [0.1, 0.15) is 38.3 Å².